The Morgan fingerprint density at radius 3 is 2.73 bits per heavy atom. The number of hydrogen-bond donors (Lipinski definition) is 3. The summed E-state index contributed by atoms with van der Waals surface area (Å²) in [4.78, 5) is 19.4. The number of hydrogen-bond acceptors (Lipinski definition) is 6. The third kappa shape index (κ3) is 4.76. The third-order valence-corrected chi connectivity index (χ3v) is 6.73. The van der Waals surface area contributed by atoms with Crippen LogP contribution in [0.25, 0.3) is 0 Å². The van der Waals surface area contributed by atoms with Gasteiger partial charge in [-0.25, -0.2) is 9.37 Å². The second-order valence-electron chi connectivity index (χ2n) is 8.05. The number of carbonyl (C=O) groups is 1. The molecule has 3 N–H and O–H groups in total. The summed E-state index contributed by atoms with van der Waals surface area (Å²) in [5.74, 6) is 2.15. The number of benzene rings is 2. The molecule has 0 saturated carbocycles. The van der Waals surface area contributed by atoms with E-state index >= 15 is 0 Å². The topological polar surface area (TPSA) is 77.5 Å². The molecule has 170 valence electrons. The van der Waals surface area contributed by atoms with E-state index in [0.717, 1.165) is 30.9 Å². The highest BCUT2D eigenvalue weighted by Crippen LogP contribution is 2.33. The second-order valence-corrected chi connectivity index (χ2v) is 8.91. The van der Waals surface area contributed by atoms with E-state index in [4.69, 9.17) is 6.42 Å². The lowest BCUT2D eigenvalue weighted by Crippen LogP contribution is -2.53. The van der Waals surface area contributed by atoms with Crippen LogP contribution in [0, 0.1) is 18.2 Å². The molecule has 33 heavy (non-hydrogen) atoms. The lowest BCUT2D eigenvalue weighted by molar-refractivity contribution is 0.102. The van der Waals surface area contributed by atoms with E-state index in [1.165, 1.54) is 23.5 Å². The molecule has 0 bridgehead atoms. The molecule has 4 rings (SSSR count). The highest BCUT2D eigenvalue weighted by atomic mass is 32.1. The predicted octanol–water partition coefficient (Wildman–Crippen LogP) is 3.24. The molecule has 0 spiro atoms. The van der Waals surface area contributed by atoms with Crippen molar-refractivity contribution in [2.45, 2.75) is 18.4 Å². The highest BCUT2D eigenvalue weighted by molar-refractivity contribution is 7.14. The minimum Gasteiger partial charge on any atom is -0.394 e. The molecule has 0 aliphatic carbocycles. The quantitative estimate of drug-likeness (QED) is 0.488. The molecule has 1 unspecified atom stereocenters. The molecule has 1 aliphatic heterocycles. The Hall–Kier alpha value is -3.25. The Bertz CT molecular complexity index is 1160. The van der Waals surface area contributed by atoms with Gasteiger partial charge in [0.05, 0.1) is 23.8 Å². The predicted molar refractivity (Wildman–Crippen MR) is 129 cm³/mol. The Labute approximate surface area is 196 Å². The molecule has 8 heteroatoms. The molecule has 3 aromatic rings. The van der Waals surface area contributed by atoms with Gasteiger partial charge in [0.1, 0.15) is 5.82 Å². The van der Waals surface area contributed by atoms with Gasteiger partial charge in [-0.05, 0) is 48.9 Å². The largest absolute Gasteiger partial charge is 0.394 e. The molecular weight excluding hydrogens is 439 g/mol. The molecule has 1 aliphatic rings. The number of terminal acetylenes is 1. The summed E-state index contributed by atoms with van der Waals surface area (Å²) in [6.45, 7) is 4.27. The summed E-state index contributed by atoms with van der Waals surface area (Å²) in [6.07, 6.45) is 5.82. The van der Waals surface area contributed by atoms with Gasteiger partial charge in [-0.3, -0.25) is 10.1 Å². The lowest BCUT2D eigenvalue weighted by atomic mass is 9.81. The smallest absolute Gasteiger partial charge is 0.257 e. The molecule has 1 saturated heterocycles. The zero-order valence-corrected chi connectivity index (χ0v) is 19.0. The van der Waals surface area contributed by atoms with Gasteiger partial charge in [0.25, 0.3) is 5.91 Å². The van der Waals surface area contributed by atoms with Crippen molar-refractivity contribution in [3.8, 4) is 12.3 Å². The molecule has 2 aromatic carbocycles. The Morgan fingerprint density at radius 1 is 1.33 bits per heavy atom. The van der Waals surface area contributed by atoms with Crippen molar-refractivity contribution in [1.82, 2.24) is 10.3 Å². The molecule has 2 heterocycles. The fourth-order valence-electron chi connectivity index (χ4n) is 3.89. The van der Waals surface area contributed by atoms with Crippen LogP contribution in [0.4, 0.5) is 15.2 Å². The van der Waals surface area contributed by atoms with Crippen molar-refractivity contribution < 1.29 is 14.3 Å². The number of aliphatic hydroxyl groups excluding tert-OH is 1. The Morgan fingerprint density at radius 2 is 2.06 bits per heavy atom. The van der Waals surface area contributed by atoms with Crippen LogP contribution < -0.4 is 15.5 Å². The highest BCUT2D eigenvalue weighted by Gasteiger charge is 2.30. The number of nitrogens with zero attached hydrogens (tertiary/aromatic N) is 2. The fraction of sp³-hybridized carbons (Fsp3) is 0.280. The standard InChI is InChI=1S/C25H25FN4O2S/c1-3-25(2,18-6-8-19(26)9-7-18)22-16-33-24(28-22)29-23(32)17-4-10-20(11-5-17)30-13-12-27-14-21(30)15-31/h1,4-11,16,21,27,31H,12-15H2,2H3,(H,28,29,32)/t21?,25-/m0/s1. The van der Waals surface area contributed by atoms with Gasteiger partial charge in [0, 0.05) is 36.3 Å². The average molecular weight is 465 g/mol. The second kappa shape index (κ2) is 9.71. The van der Waals surface area contributed by atoms with E-state index in [-0.39, 0.29) is 24.4 Å². The van der Waals surface area contributed by atoms with E-state index in [2.05, 4.69) is 26.4 Å². The van der Waals surface area contributed by atoms with E-state index in [1.807, 2.05) is 19.1 Å². The monoisotopic (exact) mass is 464 g/mol. The first-order chi connectivity index (χ1) is 15.9. The number of anilines is 2. The van der Waals surface area contributed by atoms with Gasteiger partial charge in [0.2, 0.25) is 0 Å². The Balaban J connectivity index is 1.47. The number of aliphatic hydroxyl groups is 1. The van der Waals surface area contributed by atoms with Crippen LogP contribution >= 0.6 is 11.3 Å². The zero-order chi connectivity index (χ0) is 23.4. The SMILES string of the molecule is C#C[C@@](C)(c1ccc(F)cc1)c1csc(NC(=O)c2ccc(N3CCNCC3CO)cc2)n1. The van der Waals surface area contributed by atoms with Gasteiger partial charge in [-0.2, -0.15) is 0 Å². The van der Waals surface area contributed by atoms with Crippen molar-refractivity contribution in [3.05, 3.63) is 76.5 Å². The van der Waals surface area contributed by atoms with Crippen LogP contribution in [0.15, 0.2) is 53.9 Å². The number of amides is 1. The summed E-state index contributed by atoms with van der Waals surface area (Å²) in [7, 11) is 0. The van der Waals surface area contributed by atoms with Gasteiger partial charge in [-0.15, -0.1) is 17.8 Å². The van der Waals surface area contributed by atoms with Gasteiger partial charge >= 0.3 is 0 Å². The fourth-order valence-corrected chi connectivity index (χ4v) is 4.70. The normalized spacial score (nSPS) is 17.8. The molecular formula is C25H25FN4O2S. The average Bonchev–Trinajstić information content (AvgIpc) is 3.33. The van der Waals surface area contributed by atoms with Crippen molar-refractivity contribution in [2.75, 3.05) is 36.5 Å². The number of nitrogens with one attached hydrogen (secondary N) is 2. The summed E-state index contributed by atoms with van der Waals surface area (Å²) < 4.78 is 13.3. The maximum absolute atomic E-state index is 13.3. The van der Waals surface area contributed by atoms with Crippen molar-refractivity contribution in [1.29, 1.82) is 0 Å². The first-order valence-electron chi connectivity index (χ1n) is 10.6. The van der Waals surface area contributed by atoms with Gasteiger partial charge < -0.3 is 15.3 Å². The van der Waals surface area contributed by atoms with Crippen molar-refractivity contribution in [2.24, 2.45) is 0 Å². The summed E-state index contributed by atoms with van der Waals surface area (Å²) in [5, 5.41) is 18.0. The molecule has 1 aromatic heterocycles. The molecule has 1 fully saturated rings. The van der Waals surface area contributed by atoms with Gasteiger partial charge in [-0.1, -0.05) is 18.1 Å². The summed E-state index contributed by atoms with van der Waals surface area (Å²) in [6, 6.07) is 13.3. The lowest BCUT2D eigenvalue weighted by Gasteiger charge is -2.37. The van der Waals surface area contributed by atoms with Crippen LogP contribution in [0.2, 0.25) is 0 Å². The third-order valence-electron chi connectivity index (χ3n) is 5.97. The summed E-state index contributed by atoms with van der Waals surface area (Å²) >= 11 is 1.29. The first kappa shape index (κ1) is 22.9. The number of aromatic nitrogens is 1. The first-order valence-corrected chi connectivity index (χ1v) is 11.5. The zero-order valence-electron chi connectivity index (χ0n) is 18.2. The van der Waals surface area contributed by atoms with E-state index in [9.17, 15) is 14.3 Å². The Kier molecular flexibility index (Phi) is 6.75. The number of piperazine rings is 1. The number of rotatable bonds is 6. The van der Waals surface area contributed by atoms with E-state index in [1.54, 1.807) is 29.6 Å². The van der Waals surface area contributed by atoms with Gasteiger partial charge in [0.15, 0.2) is 5.13 Å². The van der Waals surface area contributed by atoms with Crippen LogP contribution in [-0.2, 0) is 5.41 Å². The molecule has 6 nitrogen and oxygen atoms in total. The van der Waals surface area contributed by atoms with E-state index < -0.39 is 5.41 Å². The van der Waals surface area contributed by atoms with Crippen LogP contribution in [-0.4, -0.2) is 48.3 Å². The molecule has 2 atom stereocenters. The molecule has 0 radical (unpaired) electrons. The number of carbonyl (C=O) groups excluding carboxylic acids is 1. The number of thiazole rings is 1. The maximum atomic E-state index is 13.3. The van der Waals surface area contributed by atoms with Crippen LogP contribution in [0.1, 0.15) is 28.5 Å². The van der Waals surface area contributed by atoms with Crippen molar-refractivity contribution in [3.63, 3.8) is 0 Å². The van der Waals surface area contributed by atoms with Crippen LogP contribution in [0.5, 0.6) is 0 Å². The maximum Gasteiger partial charge on any atom is 0.257 e. The van der Waals surface area contributed by atoms with Crippen molar-refractivity contribution >= 4 is 28.1 Å². The summed E-state index contributed by atoms with van der Waals surface area (Å²) in [5.41, 5.74) is 1.99. The van der Waals surface area contributed by atoms with E-state index in [0.29, 0.717) is 16.4 Å². The molecule has 1 amide bonds. The minimum atomic E-state index is -0.846. The number of halogens is 1. The van der Waals surface area contributed by atoms with Crippen LogP contribution in [0.3, 0.4) is 0 Å². The minimum absolute atomic E-state index is 0.0127.